The van der Waals surface area contributed by atoms with E-state index in [1.54, 1.807) is 12.4 Å². The third-order valence-electron chi connectivity index (χ3n) is 7.00. The zero-order valence-electron chi connectivity index (χ0n) is 23.4. The first-order valence-corrected chi connectivity index (χ1v) is 13.9. The predicted octanol–water partition coefficient (Wildman–Crippen LogP) is 4.68. The molecule has 9 nitrogen and oxygen atoms in total. The Kier molecular flexibility index (Phi) is 12.0. The lowest BCUT2D eigenvalue weighted by Crippen LogP contribution is -2.42. The molecule has 0 radical (unpaired) electrons. The molecule has 0 saturated heterocycles. The lowest BCUT2D eigenvalue weighted by molar-refractivity contribution is -0.143. The number of carbonyl (C=O) groups is 1. The second-order valence-corrected chi connectivity index (χ2v) is 10.2. The second kappa shape index (κ2) is 15.4. The third-order valence-corrected chi connectivity index (χ3v) is 7.00. The largest absolute Gasteiger partial charge is 0.480 e. The average Bonchev–Trinajstić information content (AvgIpc) is 3.62. The minimum atomic E-state index is -0.701. The van der Waals surface area contributed by atoms with Gasteiger partial charge in [0.15, 0.2) is 0 Å². The molecule has 2 heterocycles. The highest BCUT2D eigenvalue weighted by Crippen LogP contribution is 2.22. The maximum atomic E-state index is 11.9. The van der Waals surface area contributed by atoms with Gasteiger partial charge >= 0.3 is 5.97 Å². The molecular formula is C29H45N7O2. The summed E-state index contributed by atoms with van der Waals surface area (Å²) in [7, 11) is 2.11. The van der Waals surface area contributed by atoms with Crippen molar-refractivity contribution in [1.82, 2.24) is 34.6 Å². The van der Waals surface area contributed by atoms with Gasteiger partial charge in [0, 0.05) is 37.9 Å². The number of hydrogen-bond donors (Lipinski definition) is 3. The van der Waals surface area contributed by atoms with E-state index in [1.807, 2.05) is 12.4 Å². The molecular weight excluding hydrogens is 478 g/mol. The van der Waals surface area contributed by atoms with Crippen molar-refractivity contribution in [2.75, 3.05) is 26.7 Å². The number of carboxylic acids is 1. The summed E-state index contributed by atoms with van der Waals surface area (Å²) in [4.78, 5) is 34.0. The number of carboxylic acid groups (broad SMARTS) is 1. The fourth-order valence-electron chi connectivity index (χ4n) is 4.98. The number of aliphatic carboxylic acids is 1. The molecule has 0 saturated carbocycles. The standard InChI is InChI=1S/C29H45N7O2/c1-5-17-35(18-6-2)26(29(37)38)8-7-19-34(4)20-24-9-11-25(12-10-24)21-36(22-27-30-13-14-31-27)23(3)28-32-15-16-33-28/h9-16,23,26H,5-8,17-22H2,1-4H3,(H,30,31)(H,32,33)(H,37,38)/t23?,26-/m1/s1. The van der Waals surface area contributed by atoms with Crippen molar-refractivity contribution in [2.24, 2.45) is 0 Å². The summed E-state index contributed by atoms with van der Waals surface area (Å²) in [5, 5.41) is 9.78. The molecule has 0 amide bonds. The molecule has 208 valence electrons. The van der Waals surface area contributed by atoms with Crippen LogP contribution >= 0.6 is 0 Å². The summed E-state index contributed by atoms with van der Waals surface area (Å²) in [6.07, 6.45) is 10.8. The van der Waals surface area contributed by atoms with Gasteiger partial charge in [-0.15, -0.1) is 0 Å². The Labute approximate surface area is 227 Å². The van der Waals surface area contributed by atoms with Crippen molar-refractivity contribution in [3.63, 3.8) is 0 Å². The Morgan fingerprint density at radius 2 is 1.53 bits per heavy atom. The van der Waals surface area contributed by atoms with Gasteiger partial charge < -0.3 is 20.0 Å². The van der Waals surface area contributed by atoms with Gasteiger partial charge in [-0.1, -0.05) is 38.1 Å². The molecule has 0 fully saturated rings. The van der Waals surface area contributed by atoms with E-state index in [0.717, 1.165) is 63.6 Å². The van der Waals surface area contributed by atoms with Crippen LogP contribution in [-0.4, -0.2) is 78.4 Å². The number of nitrogens with zero attached hydrogens (tertiary/aromatic N) is 5. The summed E-state index contributed by atoms with van der Waals surface area (Å²) in [6.45, 7) is 11.2. The van der Waals surface area contributed by atoms with Crippen molar-refractivity contribution in [3.8, 4) is 0 Å². The molecule has 3 N–H and O–H groups in total. The molecule has 38 heavy (non-hydrogen) atoms. The van der Waals surface area contributed by atoms with Crippen LogP contribution < -0.4 is 0 Å². The van der Waals surface area contributed by atoms with E-state index in [2.05, 4.69) is 86.7 Å². The van der Waals surface area contributed by atoms with Gasteiger partial charge in [-0.25, -0.2) is 9.97 Å². The van der Waals surface area contributed by atoms with Crippen molar-refractivity contribution >= 4 is 5.97 Å². The summed E-state index contributed by atoms with van der Waals surface area (Å²) in [6, 6.07) is 8.50. The number of aromatic nitrogens is 4. The van der Waals surface area contributed by atoms with E-state index in [1.165, 1.54) is 11.1 Å². The van der Waals surface area contributed by atoms with Gasteiger partial charge in [0.1, 0.15) is 17.7 Å². The van der Waals surface area contributed by atoms with Crippen LogP contribution in [-0.2, 0) is 24.4 Å². The van der Waals surface area contributed by atoms with E-state index < -0.39 is 12.0 Å². The highest BCUT2D eigenvalue weighted by Gasteiger charge is 2.24. The minimum absolute atomic E-state index is 0.112. The van der Waals surface area contributed by atoms with Gasteiger partial charge in [-0.05, 0) is 70.4 Å². The Morgan fingerprint density at radius 1 is 0.895 bits per heavy atom. The number of benzene rings is 1. The predicted molar refractivity (Wildman–Crippen MR) is 150 cm³/mol. The van der Waals surface area contributed by atoms with E-state index in [4.69, 9.17) is 0 Å². The molecule has 1 aromatic carbocycles. The van der Waals surface area contributed by atoms with Crippen LogP contribution in [0.3, 0.4) is 0 Å². The normalized spacial score (nSPS) is 13.4. The van der Waals surface area contributed by atoms with Crippen LogP contribution in [0.15, 0.2) is 49.1 Å². The maximum Gasteiger partial charge on any atom is 0.320 e. The van der Waals surface area contributed by atoms with E-state index in [-0.39, 0.29) is 6.04 Å². The van der Waals surface area contributed by atoms with Gasteiger partial charge in [0.05, 0.1) is 12.6 Å². The molecule has 0 spiro atoms. The van der Waals surface area contributed by atoms with Crippen LogP contribution in [0.1, 0.15) is 75.3 Å². The molecule has 2 atom stereocenters. The fourth-order valence-corrected chi connectivity index (χ4v) is 4.98. The first-order chi connectivity index (χ1) is 18.4. The molecule has 0 bridgehead atoms. The lowest BCUT2D eigenvalue weighted by atomic mass is 10.1. The van der Waals surface area contributed by atoms with Gasteiger partial charge in [0.2, 0.25) is 0 Å². The van der Waals surface area contributed by atoms with E-state index in [9.17, 15) is 9.90 Å². The molecule has 3 rings (SSSR count). The van der Waals surface area contributed by atoms with Crippen LogP contribution in [0.2, 0.25) is 0 Å². The number of hydrogen-bond acceptors (Lipinski definition) is 6. The van der Waals surface area contributed by atoms with Crippen LogP contribution in [0.4, 0.5) is 0 Å². The highest BCUT2D eigenvalue weighted by molar-refractivity contribution is 5.73. The first kappa shape index (κ1) is 29.5. The van der Waals surface area contributed by atoms with Gasteiger partial charge in [-0.2, -0.15) is 0 Å². The van der Waals surface area contributed by atoms with Crippen molar-refractivity contribution in [2.45, 2.75) is 78.2 Å². The summed E-state index contributed by atoms with van der Waals surface area (Å²) in [5.41, 5.74) is 2.49. The molecule has 1 unspecified atom stereocenters. The zero-order valence-corrected chi connectivity index (χ0v) is 23.4. The highest BCUT2D eigenvalue weighted by atomic mass is 16.4. The Balaban J connectivity index is 1.53. The van der Waals surface area contributed by atoms with Gasteiger partial charge in [0.25, 0.3) is 0 Å². The van der Waals surface area contributed by atoms with Crippen LogP contribution in [0.25, 0.3) is 0 Å². The van der Waals surface area contributed by atoms with Crippen molar-refractivity contribution < 1.29 is 9.90 Å². The molecule has 0 aliphatic heterocycles. The fraction of sp³-hybridized carbons (Fsp3) is 0.552. The summed E-state index contributed by atoms with van der Waals surface area (Å²) >= 11 is 0. The molecule has 0 aliphatic rings. The second-order valence-electron chi connectivity index (χ2n) is 10.2. The SMILES string of the molecule is CCCN(CCC)[C@H](CCCN(C)Cc1ccc(CN(Cc2ncc[nH]2)C(C)c2ncc[nH]2)cc1)C(=O)O. The monoisotopic (exact) mass is 523 g/mol. The van der Waals surface area contributed by atoms with E-state index >= 15 is 0 Å². The Hall–Kier alpha value is -3.01. The smallest absolute Gasteiger partial charge is 0.320 e. The van der Waals surface area contributed by atoms with Crippen molar-refractivity contribution in [1.29, 1.82) is 0 Å². The first-order valence-electron chi connectivity index (χ1n) is 13.9. The molecule has 9 heteroatoms. The number of nitrogens with one attached hydrogen (secondary N) is 2. The maximum absolute atomic E-state index is 11.9. The third kappa shape index (κ3) is 9.08. The summed E-state index contributed by atoms with van der Waals surface area (Å²) < 4.78 is 0. The average molecular weight is 524 g/mol. The Bertz CT molecular complexity index is 1030. The van der Waals surface area contributed by atoms with Crippen molar-refractivity contribution in [3.05, 3.63) is 71.8 Å². The molecule has 2 aromatic heterocycles. The lowest BCUT2D eigenvalue weighted by Gasteiger charge is -2.28. The van der Waals surface area contributed by atoms with Crippen LogP contribution in [0.5, 0.6) is 0 Å². The molecule has 3 aromatic rings. The zero-order chi connectivity index (χ0) is 27.3. The number of rotatable bonds is 18. The number of aromatic amines is 2. The van der Waals surface area contributed by atoms with Crippen LogP contribution in [0, 0.1) is 0 Å². The topological polar surface area (TPSA) is 104 Å². The quantitative estimate of drug-likeness (QED) is 0.222. The Morgan fingerprint density at radius 3 is 2.08 bits per heavy atom. The van der Waals surface area contributed by atoms with Gasteiger partial charge in [-0.3, -0.25) is 14.6 Å². The molecule has 0 aliphatic carbocycles. The minimum Gasteiger partial charge on any atom is -0.480 e. The number of H-pyrrole nitrogens is 2. The summed E-state index contributed by atoms with van der Waals surface area (Å²) in [5.74, 6) is 1.17. The van der Waals surface area contributed by atoms with E-state index in [0.29, 0.717) is 13.0 Å². The number of imidazole rings is 2.